The SMILES string of the molecule is CCC1=C(C)C2=Cc3[c-]c(ccc3)C=c3[n-]c(c(CC)c3C)=CC3=NC(=CC1=N2)C(CC)=C3CC.[Ni+2]. The summed E-state index contributed by atoms with van der Waals surface area (Å²) in [5.41, 5.74) is 13.9. The fourth-order valence-corrected chi connectivity index (χ4v) is 5.50. The molecule has 0 amide bonds. The van der Waals surface area contributed by atoms with E-state index in [1.807, 2.05) is 0 Å². The summed E-state index contributed by atoms with van der Waals surface area (Å²) in [6, 6.07) is 9.85. The molecule has 4 heteroatoms. The predicted octanol–water partition coefficient (Wildman–Crippen LogP) is 5.91. The third kappa shape index (κ3) is 4.48. The summed E-state index contributed by atoms with van der Waals surface area (Å²) in [6.45, 7) is 13.2. The second kappa shape index (κ2) is 10.6. The largest absolute Gasteiger partial charge is 2.00 e. The van der Waals surface area contributed by atoms with Crippen LogP contribution >= 0.6 is 0 Å². The zero-order chi connectivity index (χ0) is 24.7. The van der Waals surface area contributed by atoms with Crippen LogP contribution in [0.3, 0.4) is 0 Å². The Kier molecular flexibility index (Phi) is 7.66. The Morgan fingerprint density at radius 3 is 2.00 bits per heavy atom. The molecular formula is C32H33N3Ni. The minimum Gasteiger partial charge on any atom is -0.664 e. The molecule has 0 aliphatic carbocycles. The summed E-state index contributed by atoms with van der Waals surface area (Å²) in [5, 5.41) is 2.05. The van der Waals surface area contributed by atoms with Gasteiger partial charge in [0.05, 0.1) is 17.1 Å². The van der Waals surface area contributed by atoms with E-state index in [0.717, 1.165) is 70.3 Å². The van der Waals surface area contributed by atoms with Crippen molar-refractivity contribution in [1.82, 2.24) is 4.98 Å². The topological polar surface area (TPSA) is 38.8 Å². The Balaban J connectivity index is 0.00000304. The Hall–Kier alpha value is -2.97. The van der Waals surface area contributed by atoms with Crippen molar-refractivity contribution in [3.8, 4) is 0 Å². The van der Waals surface area contributed by atoms with E-state index in [9.17, 15) is 0 Å². The first-order chi connectivity index (χ1) is 17.0. The van der Waals surface area contributed by atoms with Gasteiger partial charge in [0.15, 0.2) is 0 Å². The maximum Gasteiger partial charge on any atom is 2.00 e. The van der Waals surface area contributed by atoms with E-state index in [0.29, 0.717) is 0 Å². The number of hydrogen-bond acceptors (Lipinski definition) is 2. The van der Waals surface area contributed by atoms with Gasteiger partial charge in [-0.2, -0.15) is 5.35 Å². The predicted molar refractivity (Wildman–Crippen MR) is 148 cm³/mol. The van der Waals surface area contributed by atoms with Crippen LogP contribution < -0.4 is 15.7 Å². The Morgan fingerprint density at radius 1 is 0.694 bits per heavy atom. The Labute approximate surface area is 224 Å². The van der Waals surface area contributed by atoms with Crippen LogP contribution in [0.2, 0.25) is 0 Å². The van der Waals surface area contributed by atoms with Crippen LogP contribution in [0.25, 0.3) is 18.2 Å². The summed E-state index contributed by atoms with van der Waals surface area (Å²) in [4.78, 5) is 15.3. The van der Waals surface area contributed by atoms with Gasteiger partial charge in [-0.15, -0.1) is 46.8 Å². The van der Waals surface area contributed by atoms with Crippen LogP contribution in [0.4, 0.5) is 0 Å². The van der Waals surface area contributed by atoms with Crippen molar-refractivity contribution in [3.05, 3.63) is 97.0 Å². The fourth-order valence-electron chi connectivity index (χ4n) is 5.50. The first kappa shape index (κ1) is 26.1. The number of rotatable bonds is 4. The van der Waals surface area contributed by atoms with Crippen LogP contribution in [0.5, 0.6) is 0 Å². The van der Waals surface area contributed by atoms with Crippen molar-refractivity contribution in [2.24, 2.45) is 9.98 Å². The molecule has 0 radical (unpaired) electrons. The number of nitrogens with zero attached hydrogens (tertiary/aromatic N) is 3. The molecule has 0 N–H and O–H groups in total. The first-order valence-corrected chi connectivity index (χ1v) is 12.9. The molecule has 0 fully saturated rings. The molecule has 1 aromatic heterocycles. The van der Waals surface area contributed by atoms with Crippen LogP contribution in [-0.4, -0.2) is 11.4 Å². The van der Waals surface area contributed by atoms with Gasteiger partial charge < -0.3 is 4.98 Å². The number of fused-ring (bicyclic) bond motifs is 6. The van der Waals surface area contributed by atoms with Gasteiger partial charge in [-0.05, 0) is 67.9 Å². The zero-order valence-corrected chi connectivity index (χ0v) is 23.0. The quantitative estimate of drug-likeness (QED) is 0.367. The summed E-state index contributed by atoms with van der Waals surface area (Å²) < 4.78 is 0. The molecular weight excluding hydrogens is 485 g/mol. The molecule has 36 heavy (non-hydrogen) atoms. The zero-order valence-electron chi connectivity index (χ0n) is 22.0. The molecule has 186 valence electrons. The smallest absolute Gasteiger partial charge is 0.664 e. The van der Waals surface area contributed by atoms with Crippen LogP contribution in [0, 0.1) is 13.0 Å². The number of hydrogen-bond donors (Lipinski definition) is 0. The molecule has 3 aliphatic heterocycles. The van der Waals surface area contributed by atoms with Gasteiger partial charge in [-0.3, -0.25) is 4.99 Å². The van der Waals surface area contributed by atoms with E-state index >= 15 is 0 Å². The molecule has 8 bridgehead atoms. The second-order valence-electron chi connectivity index (χ2n) is 9.36. The first-order valence-electron chi connectivity index (χ1n) is 12.9. The van der Waals surface area contributed by atoms with Crippen molar-refractivity contribution in [1.29, 1.82) is 0 Å². The molecule has 0 saturated heterocycles. The monoisotopic (exact) mass is 517 g/mol. The van der Waals surface area contributed by atoms with E-state index < -0.39 is 0 Å². The average molecular weight is 518 g/mol. The maximum atomic E-state index is 5.16. The molecule has 1 aromatic carbocycles. The minimum atomic E-state index is 0. The van der Waals surface area contributed by atoms with Gasteiger partial charge in [-0.1, -0.05) is 51.0 Å². The summed E-state index contributed by atoms with van der Waals surface area (Å²) in [6.07, 6.45) is 12.5. The number of allylic oxidation sites excluding steroid dienone is 5. The third-order valence-corrected chi connectivity index (χ3v) is 7.38. The second-order valence-corrected chi connectivity index (χ2v) is 9.36. The molecule has 0 saturated carbocycles. The van der Waals surface area contributed by atoms with Gasteiger partial charge in [0.25, 0.3) is 0 Å². The van der Waals surface area contributed by atoms with E-state index in [4.69, 9.17) is 15.0 Å². The Bertz CT molecular complexity index is 1530. The molecule has 3 nitrogen and oxygen atoms in total. The van der Waals surface area contributed by atoms with E-state index in [1.165, 1.54) is 33.4 Å². The van der Waals surface area contributed by atoms with Crippen molar-refractivity contribution < 1.29 is 16.5 Å². The van der Waals surface area contributed by atoms with Crippen LogP contribution in [0.1, 0.15) is 76.1 Å². The average Bonchev–Trinajstić information content (AvgIpc) is 3.44. The standard InChI is InChI=1S/C32H33N3.Ni/c1-7-23-19(5)27-15-21-12-11-13-22(14-21)16-28-20(6)24(8-2)30(34-28)18-32-26(10-4)25(9-3)31(35-32)17-29(23)33-27;/h11-13,15-18H,7-10H2,1-6H3;/q-2;+2. The summed E-state index contributed by atoms with van der Waals surface area (Å²) in [5.74, 6) is 0. The Morgan fingerprint density at radius 2 is 1.33 bits per heavy atom. The van der Waals surface area contributed by atoms with Gasteiger partial charge in [0.2, 0.25) is 0 Å². The van der Waals surface area contributed by atoms with Crippen LogP contribution in [-0.2, 0) is 22.9 Å². The molecule has 3 aliphatic rings. The summed E-state index contributed by atoms with van der Waals surface area (Å²) in [7, 11) is 0. The number of benzene rings is 1. The molecule has 0 spiro atoms. The van der Waals surface area contributed by atoms with Crippen molar-refractivity contribution in [3.63, 3.8) is 0 Å². The molecule has 2 aromatic rings. The van der Waals surface area contributed by atoms with Crippen molar-refractivity contribution in [2.75, 3.05) is 0 Å². The molecule has 4 heterocycles. The van der Waals surface area contributed by atoms with Gasteiger partial charge in [-0.25, -0.2) is 4.99 Å². The maximum absolute atomic E-state index is 5.16. The van der Waals surface area contributed by atoms with Gasteiger partial charge >= 0.3 is 16.5 Å². The molecule has 0 unspecified atom stereocenters. The summed E-state index contributed by atoms with van der Waals surface area (Å²) >= 11 is 0. The number of aromatic nitrogens is 1. The van der Waals surface area contributed by atoms with Gasteiger partial charge in [0.1, 0.15) is 0 Å². The fraction of sp³-hybridized carbons (Fsp3) is 0.312. The molecule has 5 rings (SSSR count). The van der Waals surface area contributed by atoms with E-state index in [-0.39, 0.29) is 16.5 Å². The number of aliphatic imine (C=N–C) groups is 2. The third-order valence-electron chi connectivity index (χ3n) is 7.38. The normalized spacial score (nSPS) is 16.6. The van der Waals surface area contributed by atoms with E-state index in [2.05, 4.69) is 90.1 Å². The van der Waals surface area contributed by atoms with Crippen molar-refractivity contribution >= 4 is 29.7 Å². The van der Waals surface area contributed by atoms with Gasteiger partial charge in [0, 0.05) is 5.70 Å². The van der Waals surface area contributed by atoms with E-state index in [1.54, 1.807) is 0 Å². The van der Waals surface area contributed by atoms with Crippen molar-refractivity contribution in [2.45, 2.75) is 67.2 Å². The minimum absolute atomic E-state index is 0. The molecule has 0 atom stereocenters. The van der Waals surface area contributed by atoms with Crippen LogP contribution in [0.15, 0.2) is 67.9 Å².